The van der Waals surface area contributed by atoms with Crippen LogP contribution in [0.25, 0.3) is 0 Å². The van der Waals surface area contributed by atoms with Crippen molar-refractivity contribution in [2.24, 2.45) is 0 Å². The highest BCUT2D eigenvalue weighted by Gasteiger charge is 2.20. The number of benzene rings is 1. The van der Waals surface area contributed by atoms with E-state index in [9.17, 15) is 9.59 Å². The van der Waals surface area contributed by atoms with Crippen LogP contribution in [0.4, 0.5) is 0 Å². The zero-order chi connectivity index (χ0) is 13.7. The molecule has 1 saturated heterocycles. The van der Waals surface area contributed by atoms with Gasteiger partial charge in [0, 0.05) is 31.7 Å². The summed E-state index contributed by atoms with van der Waals surface area (Å²) in [5, 5.41) is 0. The van der Waals surface area contributed by atoms with Gasteiger partial charge >= 0.3 is 0 Å². The van der Waals surface area contributed by atoms with E-state index in [1.807, 2.05) is 4.90 Å². The highest BCUT2D eigenvalue weighted by molar-refractivity contribution is 5.94. The fourth-order valence-electron chi connectivity index (χ4n) is 2.04. The maximum absolute atomic E-state index is 12.3. The summed E-state index contributed by atoms with van der Waals surface area (Å²) in [5.41, 5.74) is 0.605. The molecule has 5 heteroatoms. The summed E-state index contributed by atoms with van der Waals surface area (Å²) >= 11 is 0. The van der Waals surface area contributed by atoms with Gasteiger partial charge in [-0.3, -0.25) is 9.59 Å². The molecule has 1 heterocycles. The SMILES string of the molecule is CN1CCN(C(=O)c2cccc(OCC=O)c2)CC1. The predicted octanol–water partition coefficient (Wildman–Crippen LogP) is 0.652. The lowest BCUT2D eigenvalue weighted by molar-refractivity contribution is -0.109. The number of carbonyl (C=O) groups is 2. The molecule has 1 fully saturated rings. The van der Waals surface area contributed by atoms with Gasteiger partial charge in [-0.15, -0.1) is 0 Å². The molecule has 2 rings (SSSR count). The summed E-state index contributed by atoms with van der Waals surface area (Å²) < 4.78 is 5.20. The van der Waals surface area contributed by atoms with Crippen molar-refractivity contribution in [3.8, 4) is 5.75 Å². The van der Waals surface area contributed by atoms with Gasteiger partial charge in [0.2, 0.25) is 0 Å². The van der Waals surface area contributed by atoms with Crippen molar-refractivity contribution in [2.45, 2.75) is 0 Å². The molecule has 102 valence electrons. The number of ether oxygens (including phenoxy) is 1. The smallest absolute Gasteiger partial charge is 0.254 e. The second kappa shape index (κ2) is 6.33. The molecular weight excluding hydrogens is 244 g/mol. The third-order valence-corrected chi connectivity index (χ3v) is 3.19. The molecule has 0 saturated carbocycles. The number of hydrogen-bond donors (Lipinski definition) is 0. The summed E-state index contributed by atoms with van der Waals surface area (Å²) in [6, 6.07) is 6.96. The van der Waals surface area contributed by atoms with Gasteiger partial charge in [-0.05, 0) is 25.2 Å². The molecule has 0 aliphatic carbocycles. The fraction of sp³-hybridized carbons (Fsp3) is 0.429. The van der Waals surface area contributed by atoms with E-state index in [1.165, 1.54) is 0 Å². The number of nitrogens with zero attached hydrogens (tertiary/aromatic N) is 2. The van der Waals surface area contributed by atoms with Crippen LogP contribution >= 0.6 is 0 Å². The summed E-state index contributed by atoms with van der Waals surface area (Å²) in [5.74, 6) is 0.566. The molecular formula is C14H18N2O3. The van der Waals surface area contributed by atoms with Crippen LogP contribution in [0, 0.1) is 0 Å². The van der Waals surface area contributed by atoms with Crippen LogP contribution in [0.2, 0.25) is 0 Å². The van der Waals surface area contributed by atoms with Crippen molar-refractivity contribution in [1.82, 2.24) is 9.80 Å². The van der Waals surface area contributed by atoms with Crippen LogP contribution in [-0.2, 0) is 4.79 Å². The van der Waals surface area contributed by atoms with E-state index in [-0.39, 0.29) is 12.5 Å². The zero-order valence-corrected chi connectivity index (χ0v) is 11.0. The van der Waals surface area contributed by atoms with E-state index in [0.29, 0.717) is 17.6 Å². The molecule has 5 nitrogen and oxygen atoms in total. The lowest BCUT2D eigenvalue weighted by Gasteiger charge is -2.32. The monoisotopic (exact) mass is 262 g/mol. The molecule has 1 amide bonds. The van der Waals surface area contributed by atoms with E-state index in [1.54, 1.807) is 24.3 Å². The first kappa shape index (κ1) is 13.5. The van der Waals surface area contributed by atoms with Crippen molar-refractivity contribution >= 4 is 12.2 Å². The number of amides is 1. The van der Waals surface area contributed by atoms with Crippen LogP contribution in [0.1, 0.15) is 10.4 Å². The van der Waals surface area contributed by atoms with Gasteiger partial charge in [0.25, 0.3) is 5.91 Å². The number of carbonyl (C=O) groups excluding carboxylic acids is 2. The molecule has 19 heavy (non-hydrogen) atoms. The van der Waals surface area contributed by atoms with Gasteiger partial charge in [0.1, 0.15) is 12.4 Å². The van der Waals surface area contributed by atoms with Gasteiger partial charge in [0.15, 0.2) is 6.29 Å². The third kappa shape index (κ3) is 3.54. The largest absolute Gasteiger partial charge is 0.486 e. The van der Waals surface area contributed by atoms with Gasteiger partial charge in [0.05, 0.1) is 0 Å². The molecule has 0 atom stereocenters. The lowest BCUT2D eigenvalue weighted by atomic mass is 10.1. The van der Waals surface area contributed by atoms with Gasteiger partial charge in [-0.2, -0.15) is 0 Å². The molecule has 0 aromatic heterocycles. The van der Waals surface area contributed by atoms with Gasteiger partial charge < -0.3 is 14.5 Å². The Bertz CT molecular complexity index is 454. The average molecular weight is 262 g/mol. The highest BCUT2D eigenvalue weighted by Crippen LogP contribution is 2.15. The summed E-state index contributed by atoms with van der Waals surface area (Å²) in [4.78, 5) is 26.6. The Morgan fingerprint density at radius 1 is 1.32 bits per heavy atom. The summed E-state index contributed by atoms with van der Waals surface area (Å²) in [6.07, 6.45) is 0.689. The quantitative estimate of drug-likeness (QED) is 0.748. The minimum Gasteiger partial charge on any atom is -0.486 e. The van der Waals surface area contributed by atoms with Crippen LogP contribution in [0.3, 0.4) is 0 Å². The first-order valence-corrected chi connectivity index (χ1v) is 6.35. The third-order valence-electron chi connectivity index (χ3n) is 3.19. The summed E-state index contributed by atoms with van der Waals surface area (Å²) in [6.45, 7) is 3.29. The van der Waals surface area contributed by atoms with Crippen LogP contribution < -0.4 is 4.74 Å². The maximum atomic E-state index is 12.3. The Labute approximate surface area is 112 Å². The van der Waals surface area contributed by atoms with E-state index < -0.39 is 0 Å². The van der Waals surface area contributed by atoms with Crippen molar-refractivity contribution in [3.63, 3.8) is 0 Å². The number of aldehydes is 1. The first-order chi connectivity index (χ1) is 9.20. The van der Waals surface area contributed by atoms with E-state index >= 15 is 0 Å². The molecule has 1 aliphatic rings. The minimum atomic E-state index is 0.00610. The summed E-state index contributed by atoms with van der Waals surface area (Å²) in [7, 11) is 2.05. The Morgan fingerprint density at radius 3 is 2.74 bits per heavy atom. The average Bonchev–Trinajstić information content (AvgIpc) is 2.45. The molecule has 0 bridgehead atoms. The Hall–Kier alpha value is -1.88. The highest BCUT2D eigenvalue weighted by atomic mass is 16.5. The van der Waals surface area contributed by atoms with E-state index in [0.717, 1.165) is 26.2 Å². The number of likely N-dealkylation sites (N-methyl/N-ethyl adjacent to an activating group) is 1. The van der Waals surface area contributed by atoms with Crippen molar-refractivity contribution in [1.29, 1.82) is 0 Å². The van der Waals surface area contributed by atoms with Crippen molar-refractivity contribution in [3.05, 3.63) is 29.8 Å². The van der Waals surface area contributed by atoms with Crippen LogP contribution in [-0.4, -0.2) is 61.8 Å². The second-order valence-electron chi connectivity index (χ2n) is 4.60. The van der Waals surface area contributed by atoms with Crippen LogP contribution in [0.15, 0.2) is 24.3 Å². The zero-order valence-electron chi connectivity index (χ0n) is 11.0. The van der Waals surface area contributed by atoms with Crippen LogP contribution in [0.5, 0.6) is 5.75 Å². The fourth-order valence-corrected chi connectivity index (χ4v) is 2.04. The molecule has 0 spiro atoms. The molecule has 1 aromatic carbocycles. The van der Waals surface area contributed by atoms with Crippen molar-refractivity contribution < 1.29 is 14.3 Å². The Morgan fingerprint density at radius 2 is 2.05 bits per heavy atom. The minimum absolute atomic E-state index is 0.00610. The first-order valence-electron chi connectivity index (χ1n) is 6.35. The molecule has 0 unspecified atom stereocenters. The predicted molar refractivity (Wildman–Crippen MR) is 71.4 cm³/mol. The number of hydrogen-bond acceptors (Lipinski definition) is 4. The van der Waals surface area contributed by atoms with E-state index in [4.69, 9.17) is 4.74 Å². The standard InChI is InChI=1S/C14H18N2O3/c1-15-5-7-16(8-6-15)14(18)12-3-2-4-13(11-12)19-10-9-17/h2-4,9,11H,5-8,10H2,1H3. The number of rotatable bonds is 4. The molecule has 0 radical (unpaired) electrons. The number of piperazine rings is 1. The molecule has 0 N–H and O–H groups in total. The van der Waals surface area contributed by atoms with Gasteiger partial charge in [-0.25, -0.2) is 0 Å². The normalized spacial score (nSPS) is 16.2. The van der Waals surface area contributed by atoms with Crippen molar-refractivity contribution in [2.75, 3.05) is 39.8 Å². The molecule has 1 aromatic rings. The lowest BCUT2D eigenvalue weighted by Crippen LogP contribution is -2.47. The second-order valence-corrected chi connectivity index (χ2v) is 4.60. The maximum Gasteiger partial charge on any atom is 0.254 e. The van der Waals surface area contributed by atoms with E-state index in [2.05, 4.69) is 11.9 Å². The Kier molecular flexibility index (Phi) is 4.52. The topological polar surface area (TPSA) is 49.9 Å². The molecule has 1 aliphatic heterocycles. The Balaban J connectivity index is 2.04. The van der Waals surface area contributed by atoms with Gasteiger partial charge in [-0.1, -0.05) is 6.07 Å².